The number of carbonyl (C=O) groups is 1. The molecule has 7 nitrogen and oxygen atoms in total. The first-order valence-electron chi connectivity index (χ1n) is 8.16. The molecule has 0 spiro atoms. The Kier molecular flexibility index (Phi) is 3.97. The zero-order valence-corrected chi connectivity index (χ0v) is 13.9. The van der Waals surface area contributed by atoms with E-state index in [2.05, 4.69) is 15.5 Å². The van der Waals surface area contributed by atoms with Crippen molar-refractivity contribution in [1.29, 1.82) is 0 Å². The van der Waals surface area contributed by atoms with Gasteiger partial charge in [-0.2, -0.15) is 4.98 Å². The van der Waals surface area contributed by atoms with Gasteiger partial charge in [0, 0.05) is 18.7 Å². The van der Waals surface area contributed by atoms with Crippen LogP contribution in [0.5, 0.6) is 5.75 Å². The van der Waals surface area contributed by atoms with Crippen molar-refractivity contribution in [2.75, 3.05) is 20.2 Å². The largest absolute Gasteiger partial charge is 0.497 e. The maximum Gasteiger partial charge on any atom is 0.317 e. The zero-order chi connectivity index (χ0) is 17.2. The summed E-state index contributed by atoms with van der Waals surface area (Å²) < 4.78 is 10.6. The van der Waals surface area contributed by atoms with Crippen molar-refractivity contribution >= 4 is 16.8 Å². The molecule has 128 valence electrons. The maximum atomic E-state index is 11.8. The number of ether oxygens (including phenoxy) is 1. The van der Waals surface area contributed by atoms with Gasteiger partial charge < -0.3 is 19.5 Å². The number of nitrogens with one attached hydrogen (secondary N) is 1. The topological polar surface area (TPSA) is 80.5 Å². The van der Waals surface area contributed by atoms with Crippen molar-refractivity contribution in [3.05, 3.63) is 42.3 Å². The van der Waals surface area contributed by atoms with Gasteiger partial charge in [0.25, 0.3) is 0 Å². The molecule has 0 bridgehead atoms. The summed E-state index contributed by atoms with van der Waals surface area (Å²) in [6.07, 6.45) is 0.918. The molecule has 4 rings (SSSR count). The van der Waals surface area contributed by atoms with E-state index in [1.165, 1.54) is 0 Å². The summed E-state index contributed by atoms with van der Waals surface area (Å²) in [6, 6.07) is 11.8. The van der Waals surface area contributed by atoms with Crippen LogP contribution in [0.2, 0.25) is 0 Å². The predicted octanol–water partition coefficient (Wildman–Crippen LogP) is 2.81. The Morgan fingerprint density at radius 3 is 2.92 bits per heavy atom. The Labute approximate surface area is 144 Å². The molecule has 0 radical (unpaired) electrons. The standard InChI is InChI=1S/C18H18N4O3/c1-24-15-6-5-12-9-14(4-3-13(12)10-15)17-20-16(25-21-17)11-22-8-2-7-19-18(22)23/h3-6,9-10H,2,7-8,11H2,1H3,(H,19,23). The van der Waals surface area contributed by atoms with Crippen LogP contribution in [0.15, 0.2) is 40.9 Å². The molecule has 1 saturated heterocycles. The third-order valence-electron chi connectivity index (χ3n) is 4.27. The van der Waals surface area contributed by atoms with E-state index in [-0.39, 0.29) is 6.03 Å². The Morgan fingerprint density at radius 2 is 2.08 bits per heavy atom. The molecule has 2 aromatic carbocycles. The Morgan fingerprint density at radius 1 is 1.24 bits per heavy atom. The van der Waals surface area contributed by atoms with Crippen molar-refractivity contribution in [1.82, 2.24) is 20.4 Å². The number of hydrogen-bond donors (Lipinski definition) is 1. The Bertz CT molecular complexity index is 922. The van der Waals surface area contributed by atoms with Gasteiger partial charge in [-0.3, -0.25) is 0 Å². The van der Waals surface area contributed by atoms with Gasteiger partial charge in [-0.05, 0) is 35.4 Å². The van der Waals surface area contributed by atoms with Crippen LogP contribution in [0.3, 0.4) is 0 Å². The molecule has 1 aliphatic rings. The van der Waals surface area contributed by atoms with E-state index in [0.717, 1.165) is 28.5 Å². The van der Waals surface area contributed by atoms with E-state index < -0.39 is 0 Å². The lowest BCUT2D eigenvalue weighted by Crippen LogP contribution is -2.45. The number of rotatable bonds is 4. The number of urea groups is 1. The van der Waals surface area contributed by atoms with Crippen molar-refractivity contribution < 1.29 is 14.1 Å². The quantitative estimate of drug-likeness (QED) is 0.791. The Balaban J connectivity index is 1.57. The molecule has 1 fully saturated rings. The highest BCUT2D eigenvalue weighted by atomic mass is 16.5. The molecular weight excluding hydrogens is 320 g/mol. The third kappa shape index (κ3) is 3.13. The highest BCUT2D eigenvalue weighted by molar-refractivity contribution is 5.87. The lowest BCUT2D eigenvalue weighted by molar-refractivity contribution is 0.174. The molecule has 1 aliphatic heterocycles. The summed E-state index contributed by atoms with van der Waals surface area (Å²) >= 11 is 0. The average Bonchev–Trinajstić information content (AvgIpc) is 3.11. The summed E-state index contributed by atoms with van der Waals surface area (Å²) in [4.78, 5) is 17.9. The molecule has 0 aliphatic carbocycles. The van der Waals surface area contributed by atoms with Gasteiger partial charge >= 0.3 is 6.03 Å². The first kappa shape index (κ1) is 15.4. The van der Waals surface area contributed by atoms with Gasteiger partial charge in [-0.1, -0.05) is 23.4 Å². The number of aromatic nitrogens is 2. The molecule has 3 aromatic rings. The lowest BCUT2D eigenvalue weighted by atomic mass is 10.1. The molecule has 7 heteroatoms. The van der Waals surface area contributed by atoms with Crippen LogP contribution >= 0.6 is 0 Å². The number of benzene rings is 2. The van der Waals surface area contributed by atoms with E-state index in [0.29, 0.717) is 31.3 Å². The summed E-state index contributed by atoms with van der Waals surface area (Å²) in [5, 5.41) is 9.01. The van der Waals surface area contributed by atoms with Crippen LogP contribution in [0.1, 0.15) is 12.3 Å². The normalized spacial score (nSPS) is 14.6. The van der Waals surface area contributed by atoms with Crippen LogP contribution in [-0.2, 0) is 6.54 Å². The molecule has 2 amide bonds. The van der Waals surface area contributed by atoms with Crippen LogP contribution in [0, 0.1) is 0 Å². The summed E-state index contributed by atoms with van der Waals surface area (Å²) in [5.74, 6) is 1.77. The molecule has 2 heterocycles. The number of carbonyl (C=O) groups excluding carboxylic acids is 1. The van der Waals surface area contributed by atoms with Gasteiger partial charge in [0.05, 0.1) is 7.11 Å². The van der Waals surface area contributed by atoms with Gasteiger partial charge in [-0.25, -0.2) is 4.79 Å². The van der Waals surface area contributed by atoms with Gasteiger partial charge in [0.1, 0.15) is 12.3 Å². The second-order valence-corrected chi connectivity index (χ2v) is 5.95. The number of nitrogens with zero attached hydrogens (tertiary/aromatic N) is 3. The summed E-state index contributed by atoms with van der Waals surface area (Å²) in [7, 11) is 1.65. The molecule has 25 heavy (non-hydrogen) atoms. The SMILES string of the molecule is COc1ccc2cc(-c3noc(CN4CCCNC4=O)n3)ccc2c1. The second-order valence-electron chi connectivity index (χ2n) is 5.95. The summed E-state index contributed by atoms with van der Waals surface area (Å²) in [6.45, 7) is 1.73. The molecule has 1 aromatic heterocycles. The minimum Gasteiger partial charge on any atom is -0.497 e. The number of amides is 2. The number of hydrogen-bond acceptors (Lipinski definition) is 5. The predicted molar refractivity (Wildman–Crippen MR) is 92.2 cm³/mol. The highest BCUT2D eigenvalue weighted by Crippen LogP contribution is 2.25. The maximum absolute atomic E-state index is 11.8. The van der Waals surface area contributed by atoms with Crippen molar-refractivity contribution in [2.45, 2.75) is 13.0 Å². The van der Waals surface area contributed by atoms with Crippen LogP contribution < -0.4 is 10.1 Å². The fraction of sp³-hybridized carbons (Fsp3) is 0.278. The van der Waals surface area contributed by atoms with Crippen molar-refractivity contribution in [2.24, 2.45) is 0 Å². The van der Waals surface area contributed by atoms with E-state index >= 15 is 0 Å². The Hall–Kier alpha value is -3.09. The monoisotopic (exact) mass is 338 g/mol. The second kappa shape index (κ2) is 6.43. The van der Waals surface area contributed by atoms with E-state index in [4.69, 9.17) is 9.26 Å². The van der Waals surface area contributed by atoms with Crippen molar-refractivity contribution in [3.8, 4) is 17.1 Å². The fourth-order valence-corrected chi connectivity index (χ4v) is 2.92. The number of fused-ring (bicyclic) bond motifs is 1. The minimum atomic E-state index is -0.0920. The lowest BCUT2D eigenvalue weighted by Gasteiger charge is -2.25. The molecule has 0 atom stereocenters. The molecular formula is C18H18N4O3. The molecule has 0 unspecified atom stereocenters. The van der Waals surface area contributed by atoms with E-state index in [9.17, 15) is 4.79 Å². The van der Waals surface area contributed by atoms with Crippen LogP contribution in [0.4, 0.5) is 4.79 Å². The first-order valence-corrected chi connectivity index (χ1v) is 8.16. The van der Waals surface area contributed by atoms with Gasteiger partial charge in [0.15, 0.2) is 0 Å². The molecule has 1 N–H and O–H groups in total. The minimum absolute atomic E-state index is 0.0920. The molecule has 0 saturated carbocycles. The van der Waals surface area contributed by atoms with Gasteiger partial charge in [-0.15, -0.1) is 0 Å². The first-order chi connectivity index (χ1) is 12.2. The van der Waals surface area contributed by atoms with E-state index in [1.54, 1.807) is 12.0 Å². The third-order valence-corrected chi connectivity index (χ3v) is 4.27. The summed E-state index contributed by atoms with van der Waals surface area (Å²) in [5.41, 5.74) is 0.871. The fourth-order valence-electron chi connectivity index (χ4n) is 2.92. The number of methoxy groups -OCH3 is 1. The van der Waals surface area contributed by atoms with Crippen molar-refractivity contribution in [3.63, 3.8) is 0 Å². The zero-order valence-electron chi connectivity index (χ0n) is 13.9. The van der Waals surface area contributed by atoms with Gasteiger partial charge in [0.2, 0.25) is 11.7 Å². The van der Waals surface area contributed by atoms with Crippen LogP contribution in [-0.4, -0.2) is 41.3 Å². The average molecular weight is 338 g/mol. The van der Waals surface area contributed by atoms with Crippen LogP contribution in [0.25, 0.3) is 22.2 Å². The smallest absolute Gasteiger partial charge is 0.317 e. The highest BCUT2D eigenvalue weighted by Gasteiger charge is 2.20. The van der Waals surface area contributed by atoms with E-state index in [1.807, 2.05) is 36.4 Å².